The van der Waals surface area contributed by atoms with Gasteiger partial charge in [0.05, 0.1) is 6.54 Å². The highest BCUT2D eigenvalue weighted by atomic mass is 35.5. The summed E-state index contributed by atoms with van der Waals surface area (Å²) in [4.78, 5) is 23.6. The van der Waals surface area contributed by atoms with Crippen LogP contribution in [0, 0.1) is 6.92 Å². The molecule has 0 aliphatic carbocycles. The highest BCUT2D eigenvalue weighted by Crippen LogP contribution is 2.19. The van der Waals surface area contributed by atoms with E-state index in [0.717, 1.165) is 5.56 Å². The van der Waals surface area contributed by atoms with Gasteiger partial charge < -0.3 is 10.6 Å². The zero-order valence-electron chi connectivity index (χ0n) is 11.5. The molecule has 0 fully saturated rings. The van der Waals surface area contributed by atoms with Crippen LogP contribution in [0.5, 0.6) is 0 Å². The smallest absolute Gasteiger partial charge is 0.251 e. The number of halogens is 1. The van der Waals surface area contributed by atoms with Crippen LogP contribution in [-0.2, 0) is 4.79 Å². The number of anilines is 1. The lowest BCUT2D eigenvalue weighted by atomic mass is 10.2. The van der Waals surface area contributed by atoms with Gasteiger partial charge in [-0.2, -0.15) is 0 Å². The third kappa shape index (κ3) is 4.33. The number of hydrogen-bond donors (Lipinski definition) is 2. The molecule has 0 atom stereocenters. The molecule has 108 valence electrons. The van der Waals surface area contributed by atoms with Gasteiger partial charge in [0, 0.05) is 16.3 Å². The standard InChI is InChI=1S/C16H15ClN2O2/c1-11-9-13(17)7-8-14(11)19-15(20)10-18-16(21)12-5-3-2-4-6-12/h2-9H,10H2,1H3,(H,18,21)(H,19,20). The van der Waals surface area contributed by atoms with E-state index in [2.05, 4.69) is 10.6 Å². The van der Waals surface area contributed by atoms with E-state index in [1.165, 1.54) is 0 Å². The van der Waals surface area contributed by atoms with Gasteiger partial charge >= 0.3 is 0 Å². The molecule has 2 aromatic rings. The summed E-state index contributed by atoms with van der Waals surface area (Å²) >= 11 is 5.85. The SMILES string of the molecule is Cc1cc(Cl)ccc1NC(=O)CNC(=O)c1ccccc1. The monoisotopic (exact) mass is 302 g/mol. The Morgan fingerprint density at radius 1 is 1.10 bits per heavy atom. The number of rotatable bonds is 4. The summed E-state index contributed by atoms with van der Waals surface area (Å²) in [7, 11) is 0. The Morgan fingerprint density at radius 2 is 1.81 bits per heavy atom. The quantitative estimate of drug-likeness (QED) is 0.912. The highest BCUT2D eigenvalue weighted by molar-refractivity contribution is 6.30. The van der Waals surface area contributed by atoms with Crippen LogP contribution in [0.4, 0.5) is 5.69 Å². The molecule has 0 aliphatic rings. The van der Waals surface area contributed by atoms with Crippen LogP contribution >= 0.6 is 11.6 Å². The summed E-state index contributed by atoms with van der Waals surface area (Å²) in [6, 6.07) is 13.9. The zero-order valence-corrected chi connectivity index (χ0v) is 12.3. The van der Waals surface area contributed by atoms with Crippen molar-refractivity contribution in [1.29, 1.82) is 0 Å². The van der Waals surface area contributed by atoms with Crippen molar-refractivity contribution in [3.05, 3.63) is 64.7 Å². The molecule has 0 aliphatic heterocycles. The summed E-state index contributed by atoms with van der Waals surface area (Å²) in [5.41, 5.74) is 2.07. The van der Waals surface area contributed by atoms with Crippen LogP contribution in [0.1, 0.15) is 15.9 Å². The summed E-state index contributed by atoms with van der Waals surface area (Å²) in [5, 5.41) is 5.92. The number of benzene rings is 2. The van der Waals surface area contributed by atoms with E-state index in [9.17, 15) is 9.59 Å². The summed E-state index contributed by atoms with van der Waals surface area (Å²) in [6.45, 7) is 1.76. The molecular weight excluding hydrogens is 288 g/mol. The Hall–Kier alpha value is -2.33. The molecule has 0 aromatic heterocycles. The number of amides is 2. The first-order valence-electron chi connectivity index (χ1n) is 6.45. The third-order valence-electron chi connectivity index (χ3n) is 2.91. The van der Waals surface area contributed by atoms with Gasteiger partial charge in [-0.05, 0) is 42.8 Å². The first-order chi connectivity index (χ1) is 10.1. The first kappa shape index (κ1) is 15.1. The van der Waals surface area contributed by atoms with Gasteiger partial charge in [0.25, 0.3) is 5.91 Å². The van der Waals surface area contributed by atoms with Crippen molar-refractivity contribution < 1.29 is 9.59 Å². The minimum Gasteiger partial charge on any atom is -0.343 e. The van der Waals surface area contributed by atoms with E-state index >= 15 is 0 Å². The van der Waals surface area contributed by atoms with E-state index < -0.39 is 0 Å². The highest BCUT2D eigenvalue weighted by Gasteiger charge is 2.08. The first-order valence-corrected chi connectivity index (χ1v) is 6.83. The maximum atomic E-state index is 11.8. The molecule has 2 N–H and O–H groups in total. The molecule has 5 heteroatoms. The lowest BCUT2D eigenvalue weighted by molar-refractivity contribution is -0.115. The zero-order chi connectivity index (χ0) is 15.2. The largest absolute Gasteiger partial charge is 0.343 e. The Labute approximate surface area is 128 Å². The molecule has 0 radical (unpaired) electrons. The van der Waals surface area contributed by atoms with Crippen molar-refractivity contribution in [3.63, 3.8) is 0 Å². The molecule has 0 spiro atoms. The predicted molar refractivity (Wildman–Crippen MR) is 83.6 cm³/mol. The third-order valence-corrected chi connectivity index (χ3v) is 3.14. The van der Waals surface area contributed by atoms with Crippen LogP contribution in [0.15, 0.2) is 48.5 Å². The van der Waals surface area contributed by atoms with Crippen LogP contribution in [0.25, 0.3) is 0 Å². The molecule has 21 heavy (non-hydrogen) atoms. The fraction of sp³-hybridized carbons (Fsp3) is 0.125. The molecule has 0 unspecified atom stereocenters. The normalized spacial score (nSPS) is 10.0. The van der Waals surface area contributed by atoms with Crippen LogP contribution < -0.4 is 10.6 Å². The van der Waals surface area contributed by atoms with E-state index in [1.54, 1.807) is 42.5 Å². The summed E-state index contributed by atoms with van der Waals surface area (Å²) < 4.78 is 0. The Balaban J connectivity index is 1.89. The number of carbonyl (C=O) groups excluding carboxylic acids is 2. The van der Waals surface area contributed by atoms with Crippen LogP contribution in [0.3, 0.4) is 0 Å². The van der Waals surface area contributed by atoms with E-state index in [1.807, 2.05) is 13.0 Å². The van der Waals surface area contributed by atoms with Crippen molar-refractivity contribution in [1.82, 2.24) is 5.32 Å². The molecule has 2 aromatic carbocycles. The average Bonchev–Trinajstić information content (AvgIpc) is 2.48. The van der Waals surface area contributed by atoms with Gasteiger partial charge in [-0.15, -0.1) is 0 Å². The minimum absolute atomic E-state index is 0.0875. The van der Waals surface area contributed by atoms with Gasteiger partial charge in [-0.25, -0.2) is 0 Å². The summed E-state index contributed by atoms with van der Waals surface area (Å²) in [6.07, 6.45) is 0. The molecular formula is C16H15ClN2O2. The van der Waals surface area contributed by atoms with Crippen molar-refractivity contribution in [2.24, 2.45) is 0 Å². The van der Waals surface area contributed by atoms with Crippen molar-refractivity contribution in [2.75, 3.05) is 11.9 Å². The number of carbonyl (C=O) groups is 2. The van der Waals surface area contributed by atoms with Gasteiger partial charge in [0.15, 0.2) is 0 Å². The maximum absolute atomic E-state index is 11.8. The number of nitrogens with one attached hydrogen (secondary N) is 2. The number of aryl methyl sites for hydroxylation is 1. The Bertz CT molecular complexity index is 657. The lowest BCUT2D eigenvalue weighted by Crippen LogP contribution is -2.32. The number of hydrogen-bond acceptors (Lipinski definition) is 2. The second kappa shape index (κ2) is 6.90. The van der Waals surface area contributed by atoms with Gasteiger partial charge in [0.2, 0.25) is 5.91 Å². The second-order valence-electron chi connectivity index (χ2n) is 4.56. The van der Waals surface area contributed by atoms with E-state index in [-0.39, 0.29) is 18.4 Å². The lowest BCUT2D eigenvalue weighted by Gasteiger charge is -2.09. The van der Waals surface area contributed by atoms with Crippen molar-refractivity contribution >= 4 is 29.1 Å². The molecule has 2 rings (SSSR count). The van der Waals surface area contributed by atoms with Crippen LogP contribution in [0.2, 0.25) is 5.02 Å². The molecule has 0 saturated heterocycles. The molecule has 2 amide bonds. The molecule has 4 nitrogen and oxygen atoms in total. The average molecular weight is 303 g/mol. The Kier molecular flexibility index (Phi) is 4.95. The fourth-order valence-corrected chi connectivity index (χ4v) is 2.04. The van der Waals surface area contributed by atoms with Crippen molar-refractivity contribution in [3.8, 4) is 0 Å². The molecule has 0 heterocycles. The predicted octanol–water partition coefficient (Wildman–Crippen LogP) is 3.02. The molecule has 0 bridgehead atoms. The topological polar surface area (TPSA) is 58.2 Å². The maximum Gasteiger partial charge on any atom is 0.251 e. The summed E-state index contributed by atoms with van der Waals surface area (Å²) in [5.74, 6) is -0.566. The fourth-order valence-electron chi connectivity index (χ4n) is 1.81. The van der Waals surface area contributed by atoms with Crippen molar-refractivity contribution in [2.45, 2.75) is 6.92 Å². The van der Waals surface area contributed by atoms with Gasteiger partial charge in [0.1, 0.15) is 0 Å². The Morgan fingerprint density at radius 3 is 2.48 bits per heavy atom. The van der Waals surface area contributed by atoms with E-state index in [0.29, 0.717) is 16.3 Å². The van der Waals surface area contributed by atoms with Crippen LogP contribution in [-0.4, -0.2) is 18.4 Å². The minimum atomic E-state index is -0.287. The van der Waals surface area contributed by atoms with E-state index in [4.69, 9.17) is 11.6 Å². The molecule has 0 saturated carbocycles. The van der Waals surface area contributed by atoms with Gasteiger partial charge in [-0.1, -0.05) is 29.8 Å². The second-order valence-corrected chi connectivity index (χ2v) is 4.99. The van der Waals surface area contributed by atoms with Gasteiger partial charge in [-0.3, -0.25) is 9.59 Å².